The first-order chi connectivity index (χ1) is 8.57. The van der Waals surface area contributed by atoms with Crippen LogP contribution in [0.2, 0.25) is 0 Å². The van der Waals surface area contributed by atoms with Crippen LogP contribution in [0.3, 0.4) is 0 Å². The van der Waals surface area contributed by atoms with Crippen LogP contribution >= 0.6 is 0 Å². The van der Waals surface area contributed by atoms with Crippen molar-refractivity contribution in [3.63, 3.8) is 0 Å². The first-order valence-corrected chi connectivity index (χ1v) is 6.39. The van der Waals surface area contributed by atoms with E-state index in [2.05, 4.69) is 29.1 Å². The van der Waals surface area contributed by atoms with Crippen molar-refractivity contribution in [2.45, 2.75) is 46.1 Å². The van der Waals surface area contributed by atoms with Gasteiger partial charge in [-0.25, -0.2) is 0 Å². The van der Waals surface area contributed by atoms with E-state index in [-0.39, 0.29) is 0 Å². The molecule has 0 saturated heterocycles. The van der Waals surface area contributed by atoms with Crippen molar-refractivity contribution in [3.8, 4) is 0 Å². The van der Waals surface area contributed by atoms with Crippen molar-refractivity contribution in [2.75, 3.05) is 0 Å². The molecule has 3 rings (SSSR count). The second-order valence-electron chi connectivity index (χ2n) is 5.58. The van der Waals surface area contributed by atoms with Gasteiger partial charge >= 0.3 is 0 Å². The lowest BCUT2D eigenvalue weighted by molar-refractivity contribution is 0.350. The first-order valence-electron chi connectivity index (χ1n) is 6.39. The predicted molar refractivity (Wildman–Crippen MR) is 66.1 cm³/mol. The SMILES string of the molecule is Cc1ccn(Cc2nc(C(C)C3(C)CC3)no2)n1. The van der Waals surface area contributed by atoms with E-state index in [4.69, 9.17) is 4.52 Å². The van der Waals surface area contributed by atoms with E-state index >= 15 is 0 Å². The van der Waals surface area contributed by atoms with Crippen LogP contribution in [0, 0.1) is 12.3 Å². The van der Waals surface area contributed by atoms with Gasteiger partial charge in [0.05, 0.1) is 5.69 Å². The second-order valence-corrected chi connectivity index (χ2v) is 5.58. The molecular formula is C13H18N4O. The number of aromatic nitrogens is 4. The fourth-order valence-electron chi connectivity index (χ4n) is 2.14. The minimum atomic E-state index is 0.370. The summed E-state index contributed by atoms with van der Waals surface area (Å²) >= 11 is 0. The summed E-state index contributed by atoms with van der Waals surface area (Å²) in [6.45, 7) is 6.97. The summed E-state index contributed by atoms with van der Waals surface area (Å²) in [4.78, 5) is 4.48. The molecule has 0 aliphatic heterocycles. The molecule has 96 valence electrons. The van der Waals surface area contributed by atoms with Crippen molar-refractivity contribution in [3.05, 3.63) is 29.7 Å². The molecule has 1 atom stereocenters. The van der Waals surface area contributed by atoms with Gasteiger partial charge < -0.3 is 4.52 Å². The van der Waals surface area contributed by atoms with Crippen LogP contribution in [0.25, 0.3) is 0 Å². The highest BCUT2D eigenvalue weighted by Crippen LogP contribution is 2.54. The highest BCUT2D eigenvalue weighted by atomic mass is 16.5. The monoisotopic (exact) mass is 246 g/mol. The summed E-state index contributed by atoms with van der Waals surface area (Å²) in [6.07, 6.45) is 4.44. The van der Waals surface area contributed by atoms with Crippen LogP contribution in [0.5, 0.6) is 0 Å². The minimum absolute atomic E-state index is 0.370. The van der Waals surface area contributed by atoms with Gasteiger partial charge in [0.2, 0.25) is 5.89 Å². The molecule has 0 amide bonds. The minimum Gasteiger partial charge on any atom is -0.337 e. The molecule has 2 aromatic heterocycles. The Morgan fingerprint density at radius 1 is 1.50 bits per heavy atom. The van der Waals surface area contributed by atoms with Crippen LogP contribution in [0.15, 0.2) is 16.8 Å². The Morgan fingerprint density at radius 2 is 2.28 bits per heavy atom. The van der Waals surface area contributed by atoms with E-state index in [0.29, 0.717) is 23.8 Å². The number of hydrogen-bond acceptors (Lipinski definition) is 4. The number of nitrogens with zero attached hydrogens (tertiary/aromatic N) is 4. The first kappa shape index (κ1) is 11.4. The van der Waals surface area contributed by atoms with Gasteiger partial charge in [-0.15, -0.1) is 0 Å². The molecule has 1 unspecified atom stereocenters. The number of aryl methyl sites for hydroxylation is 1. The molecule has 5 heteroatoms. The fourth-order valence-corrected chi connectivity index (χ4v) is 2.14. The van der Waals surface area contributed by atoms with Gasteiger partial charge in [0.1, 0.15) is 6.54 Å². The Morgan fingerprint density at radius 3 is 2.89 bits per heavy atom. The average molecular weight is 246 g/mol. The Bertz CT molecular complexity index is 553. The smallest absolute Gasteiger partial charge is 0.248 e. The molecule has 2 heterocycles. The third-order valence-electron chi connectivity index (χ3n) is 4.03. The lowest BCUT2D eigenvalue weighted by Crippen LogP contribution is -2.08. The Labute approximate surface area is 106 Å². The summed E-state index contributed by atoms with van der Waals surface area (Å²) in [5, 5.41) is 8.41. The summed E-state index contributed by atoms with van der Waals surface area (Å²) in [6, 6.07) is 1.96. The molecule has 1 aliphatic rings. The molecule has 0 aromatic carbocycles. The van der Waals surface area contributed by atoms with Crippen molar-refractivity contribution < 1.29 is 4.52 Å². The Hall–Kier alpha value is -1.65. The standard InChI is InChI=1S/C13H18N4O/c1-9-4-7-17(15-9)8-11-14-12(16-18-11)10(2)13(3)5-6-13/h4,7,10H,5-6,8H2,1-3H3. The topological polar surface area (TPSA) is 56.7 Å². The van der Waals surface area contributed by atoms with E-state index in [1.807, 2.05) is 23.9 Å². The quantitative estimate of drug-likeness (QED) is 0.831. The van der Waals surface area contributed by atoms with Crippen LogP contribution < -0.4 is 0 Å². The molecule has 0 bridgehead atoms. The highest BCUT2D eigenvalue weighted by Gasteiger charge is 2.44. The molecule has 18 heavy (non-hydrogen) atoms. The maximum atomic E-state index is 5.30. The van der Waals surface area contributed by atoms with Gasteiger partial charge in [-0.3, -0.25) is 4.68 Å². The number of rotatable bonds is 4. The molecular weight excluding hydrogens is 228 g/mol. The molecule has 0 spiro atoms. The van der Waals surface area contributed by atoms with E-state index in [1.54, 1.807) is 0 Å². The van der Waals surface area contributed by atoms with Crippen LogP contribution in [0.4, 0.5) is 0 Å². The summed E-state index contributed by atoms with van der Waals surface area (Å²) in [5.41, 5.74) is 1.37. The molecule has 1 fully saturated rings. The lowest BCUT2D eigenvalue weighted by Gasteiger charge is -2.13. The zero-order valence-electron chi connectivity index (χ0n) is 11.1. The lowest BCUT2D eigenvalue weighted by atomic mass is 9.92. The van der Waals surface area contributed by atoms with Crippen LogP contribution in [-0.4, -0.2) is 19.9 Å². The van der Waals surface area contributed by atoms with Crippen molar-refractivity contribution in [2.24, 2.45) is 5.41 Å². The fraction of sp³-hybridized carbons (Fsp3) is 0.615. The predicted octanol–water partition coefficient (Wildman–Crippen LogP) is 2.53. The largest absolute Gasteiger partial charge is 0.337 e. The van der Waals surface area contributed by atoms with Gasteiger partial charge in [0.15, 0.2) is 5.82 Å². The van der Waals surface area contributed by atoms with Gasteiger partial charge in [0.25, 0.3) is 0 Å². The third-order valence-corrected chi connectivity index (χ3v) is 4.03. The van der Waals surface area contributed by atoms with E-state index < -0.39 is 0 Å². The van der Waals surface area contributed by atoms with Crippen molar-refractivity contribution >= 4 is 0 Å². The molecule has 0 N–H and O–H groups in total. The molecule has 1 saturated carbocycles. The maximum Gasteiger partial charge on any atom is 0.248 e. The van der Waals surface area contributed by atoms with E-state index in [0.717, 1.165) is 11.5 Å². The highest BCUT2D eigenvalue weighted by molar-refractivity contribution is 5.07. The Kier molecular flexibility index (Phi) is 2.50. The van der Waals surface area contributed by atoms with E-state index in [1.165, 1.54) is 12.8 Å². The maximum absolute atomic E-state index is 5.30. The Balaban J connectivity index is 1.73. The molecule has 5 nitrogen and oxygen atoms in total. The second kappa shape index (κ2) is 3.93. The molecule has 0 radical (unpaired) electrons. The van der Waals surface area contributed by atoms with Gasteiger partial charge in [0, 0.05) is 12.1 Å². The number of hydrogen-bond donors (Lipinski definition) is 0. The average Bonchev–Trinajstić information content (AvgIpc) is 2.77. The summed E-state index contributed by atoms with van der Waals surface area (Å²) < 4.78 is 7.12. The van der Waals surface area contributed by atoms with E-state index in [9.17, 15) is 0 Å². The zero-order valence-corrected chi connectivity index (χ0v) is 11.1. The van der Waals surface area contributed by atoms with Gasteiger partial charge in [-0.1, -0.05) is 19.0 Å². The van der Waals surface area contributed by atoms with Crippen LogP contribution in [-0.2, 0) is 6.54 Å². The van der Waals surface area contributed by atoms with Gasteiger partial charge in [-0.05, 0) is 31.2 Å². The van der Waals surface area contributed by atoms with Crippen LogP contribution in [0.1, 0.15) is 50.0 Å². The summed E-state index contributed by atoms with van der Waals surface area (Å²) in [7, 11) is 0. The normalized spacial score (nSPS) is 18.8. The molecule has 1 aliphatic carbocycles. The summed E-state index contributed by atoms with van der Waals surface area (Å²) in [5.74, 6) is 1.83. The third kappa shape index (κ3) is 2.05. The van der Waals surface area contributed by atoms with Gasteiger partial charge in [-0.2, -0.15) is 10.1 Å². The molecule has 2 aromatic rings. The zero-order chi connectivity index (χ0) is 12.8. The van der Waals surface area contributed by atoms with Crippen molar-refractivity contribution in [1.82, 2.24) is 19.9 Å². The van der Waals surface area contributed by atoms with Crippen molar-refractivity contribution in [1.29, 1.82) is 0 Å².